The normalized spacial score (nSPS) is 11.0. The minimum Gasteiger partial charge on any atom is -0.481 e. The zero-order chi connectivity index (χ0) is 16.4. The number of carbonyl (C=O) groups is 1. The molecule has 0 bridgehead atoms. The Balaban J connectivity index is 2.07. The first-order valence-electron chi connectivity index (χ1n) is 7.66. The number of carboxylic acids is 1. The monoisotopic (exact) mass is 309 g/mol. The SMILES string of the molecule is Cc1ccc(-c2nc3cc(C)cnc3n2CCCC(=O)O)cc1. The van der Waals surface area contributed by atoms with Crippen LogP contribution in [0, 0.1) is 13.8 Å². The molecule has 2 heterocycles. The summed E-state index contributed by atoms with van der Waals surface area (Å²) in [6, 6.07) is 10.2. The van der Waals surface area contributed by atoms with Crippen LogP contribution in [0.15, 0.2) is 36.5 Å². The van der Waals surface area contributed by atoms with Crippen molar-refractivity contribution in [3.63, 3.8) is 0 Å². The molecule has 0 atom stereocenters. The molecule has 2 aromatic heterocycles. The number of aryl methyl sites for hydroxylation is 3. The second kappa shape index (κ2) is 6.20. The highest BCUT2D eigenvalue weighted by Crippen LogP contribution is 2.25. The molecular formula is C18H19N3O2. The minimum absolute atomic E-state index is 0.138. The van der Waals surface area contributed by atoms with E-state index >= 15 is 0 Å². The predicted octanol–water partition coefficient (Wildman–Crippen LogP) is 3.58. The lowest BCUT2D eigenvalue weighted by molar-refractivity contribution is -0.137. The van der Waals surface area contributed by atoms with E-state index in [4.69, 9.17) is 10.1 Å². The van der Waals surface area contributed by atoms with Crippen molar-refractivity contribution in [1.29, 1.82) is 0 Å². The quantitative estimate of drug-likeness (QED) is 0.782. The lowest BCUT2D eigenvalue weighted by Gasteiger charge is -2.08. The smallest absolute Gasteiger partial charge is 0.303 e. The van der Waals surface area contributed by atoms with Gasteiger partial charge in [0.15, 0.2) is 5.65 Å². The third-order valence-electron chi connectivity index (χ3n) is 3.80. The molecule has 1 aromatic carbocycles. The fourth-order valence-electron chi connectivity index (χ4n) is 2.63. The number of fused-ring (bicyclic) bond motifs is 1. The van der Waals surface area contributed by atoms with Gasteiger partial charge in [0.1, 0.15) is 11.3 Å². The van der Waals surface area contributed by atoms with E-state index in [0.29, 0.717) is 13.0 Å². The molecule has 23 heavy (non-hydrogen) atoms. The topological polar surface area (TPSA) is 68.0 Å². The largest absolute Gasteiger partial charge is 0.481 e. The molecule has 0 aliphatic heterocycles. The molecule has 5 heteroatoms. The van der Waals surface area contributed by atoms with Gasteiger partial charge in [-0.3, -0.25) is 4.79 Å². The molecule has 1 N–H and O–H groups in total. The number of hydrogen-bond donors (Lipinski definition) is 1. The Morgan fingerprint density at radius 2 is 1.91 bits per heavy atom. The van der Waals surface area contributed by atoms with E-state index in [9.17, 15) is 4.79 Å². The van der Waals surface area contributed by atoms with E-state index in [1.165, 1.54) is 5.56 Å². The van der Waals surface area contributed by atoms with Gasteiger partial charge in [0.2, 0.25) is 0 Å². The third kappa shape index (κ3) is 3.23. The van der Waals surface area contributed by atoms with Crippen LogP contribution in [0.1, 0.15) is 24.0 Å². The van der Waals surface area contributed by atoms with Crippen LogP contribution in [0.2, 0.25) is 0 Å². The lowest BCUT2D eigenvalue weighted by Crippen LogP contribution is -2.04. The summed E-state index contributed by atoms with van der Waals surface area (Å²) < 4.78 is 2.02. The summed E-state index contributed by atoms with van der Waals surface area (Å²) in [7, 11) is 0. The number of rotatable bonds is 5. The maximum absolute atomic E-state index is 10.8. The first kappa shape index (κ1) is 15.2. The Morgan fingerprint density at radius 3 is 2.61 bits per heavy atom. The molecular weight excluding hydrogens is 290 g/mol. The van der Waals surface area contributed by atoms with Gasteiger partial charge in [0, 0.05) is 24.7 Å². The van der Waals surface area contributed by atoms with Gasteiger partial charge in [-0.05, 0) is 31.9 Å². The van der Waals surface area contributed by atoms with E-state index in [1.54, 1.807) is 0 Å². The van der Waals surface area contributed by atoms with Crippen LogP contribution in [0.25, 0.3) is 22.6 Å². The molecule has 5 nitrogen and oxygen atoms in total. The van der Waals surface area contributed by atoms with Crippen LogP contribution in [0.4, 0.5) is 0 Å². The van der Waals surface area contributed by atoms with Gasteiger partial charge in [-0.15, -0.1) is 0 Å². The summed E-state index contributed by atoms with van der Waals surface area (Å²) >= 11 is 0. The predicted molar refractivity (Wildman–Crippen MR) is 89.3 cm³/mol. The molecule has 3 rings (SSSR count). The molecule has 0 spiro atoms. The van der Waals surface area contributed by atoms with Crippen molar-refractivity contribution in [3.8, 4) is 11.4 Å². The van der Waals surface area contributed by atoms with Crippen molar-refractivity contribution in [3.05, 3.63) is 47.7 Å². The number of aromatic nitrogens is 3. The molecule has 118 valence electrons. The summed E-state index contributed by atoms with van der Waals surface area (Å²) in [4.78, 5) is 20.0. The molecule has 3 aromatic rings. The van der Waals surface area contributed by atoms with Crippen molar-refractivity contribution >= 4 is 17.1 Å². The highest BCUT2D eigenvalue weighted by Gasteiger charge is 2.14. The molecule has 0 unspecified atom stereocenters. The molecule has 0 fully saturated rings. The van der Waals surface area contributed by atoms with Crippen LogP contribution in [-0.4, -0.2) is 25.6 Å². The first-order chi connectivity index (χ1) is 11.0. The van der Waals surface area contributed by atoms with E-state index in [0.717, 1.165) is 28.1 Å². The number of carboxylic acid groups (broad SMARTS) is 1. The van der Waals surface area contributed by atoms with Crippen molar-refractivity contribution in [2.45, 2.75) is 33.2 Å². The number of benzene rings is 1. The van der Waals surface area contributed by atoms with Crippen LogP contribution in [0.5, 0.6) is 0 Å². The Labute approximate surface area is 134 Å². The second-order valence-corrected chi connectivity index (χ2v) is 5.81. The Hall–Kier alpha value is -2.69. The number of aliphatic carboxylic acids is 1. The zero-order valence-corrected chi connectivity index (χ0v) is 13.3. The van der Waals surface area contributed by atoms with Crippen LogP contribution in [-0.2, 0) is 11.3 Å². The van der Waals surface area contributed by atoms with Crippen LogP contribution in [0.3, 0.4) is 0 Å². The third-order valence-corrected chi connectivity index (χ3v) is 3.80. The second-order valence-electron chi connectivity index (χ2n) is 5.81. The standard InChI is InChI=1S/C18H19N3O2/c1-12-5-7-14(8-6-12)17-20-15-10-13(2)11-19-18(15)21(17)9-3-4-16(22)23/h5-8,10-11H,3-4,9H2,1-2H3,(H,22,23). The molecule has 0 aliphatic carbocycles. The average Bonchev–Trinajstić information content (AvgIpc) is 2.85. The van der Waals surface area contributed by atoms with E-state index < -0.39 is 5.97 Å². The number of hydrogen-bond acceptors (Lipinski definition) is 3. The van der Waals surface area contributed by atoms with Gasteiger partial charge in [-0.25, -0.2) is 9.97 Å². The number of pyridine rings is 1. The summed E-state index contributed by atoms with van der Waals surface area (Å²) in [5, 5.41) is 8.87. The molecule has 0 saturated heterocycles. The average molecular weight is 309 g/mol. The van der Waals surface area contributed by atoms with Gasteiger partial charge in [-0.1, -0.05) is 29.8 Å². The van der Waals surface area contributed by atoms with Gasteiger partial charge in [-0.2, -0.15) is 0 Å². The van der Waals surface area contributed by atoms with Crippen LogP contribution >= 0.6 is 0 Å². The van der Waals surface area contributed by atoms with Gasteiger partial charge in [0.05, 0.1) is 0 Å². The maximum Gasteiger partial charge on any atom is 0.303 e. The van der Waals surface area contributed by atoms with Crippen LogP contribution < -0.4 is 0 Å². The fraction of sp³-hybridized carbons (Fsp3) is 0.278. The molecule has 0 saturated carbocycles. The highest BCUT2D eigenvalue weighted by molar-refractivity contribution is 5.77. The minimum atomic E-state index is -0.782. The number of nitrogens with zero attached hydrogens (tertiary/aromatic N) is 3. The number of imidazole rings is 1. The van der Waals surface area contributed by atoms with E-state index in [2.05, 4.69) is 17.1 Å². The maximum atomic E-state index is 10.8. The Morgan fingerprint density at radius 1 is 1.17 bits per heavy atom. The molecule has 0 amide bonds. The van der Waals surface area contributed by atoms with Crippen molar-refractivity contribution in [1.82, 2.24) is 14.5 Å². The van der Waals surface area contributed by atoms with Gasteiger partial charge in [0.25, 0.3) is 0 Å². The van der Waals surface area contributed by atoms with E-state index in [1.807, 2.05) is 42.8 Å². The van der Waals surface area contributed by atoms with Gasteiger partial charge >= 0.3 is 5.97 Å². The first-order valence-corrected chi connectivity index (χ1v) is 7.66. The highest BCUT2D eigenvalue weighted by atomic mass is 16.4. The van der Waals surface area contributed by atoms with Crippen molar-refractivity contribution in [2.75, 3.05) is 0 Å². The van der Waals surface area contributed by atoms with Gasteiger partial charge < -0.3 is 9.67 Å². The van der Waals surface area contributed by atoms with Crippen molar-refractivity contribution < 1.29 is 9.90 Å². The molecule has 0 aliphatic rings. The van der Waals surface area contributed by atoms with E-state index in [-0.39, 0.29) is 6.42 Å². The summed E-state index contributed by atoms with van der Waals surface area (Å²) in [5.74, 6) is 0.0543. The lowest BCUT2D eigenvalue weighted by atomic mass is 10.1. The van der Waals surface area contributed by atoms with Crippen molar-refractivity contribution in [2.24, 2.45) is 0 Å². The Bertz CT molecular complexity index is 851. The molecule has 0 radical (unpaired) electrons. The Kier molecular flexibility index (Phi) is 4.10. The summed E-state index contributed by atoms with van der Waals surface area (Å²) in [5.41, 5.74) is 4.91. The fourth-order valence-corrected chi connectivity index (χ4v) is 2.63. The summed E-state index contributed by atoms with van der Waals surface area (Å²) in [6.07, 6.45) is 2.50. The zero-order valence-electron chi connectivity index (χ0n) is 13.3. The summed E-state index contributed by atoms with van der Waals surface area (Å²) in [6.45, 7) is 4.62.